The average Bonchev–Trinajstić information content (AvgIpc) is 2.61. The Bertz CT molecular complexity index is 609. The molecule has 126 valence electrons. The van der Waals surface area contributed by atoms with Gasteiger partial charge in [-0.05, 0) is 7.05 Å². The van der Waals surface area contributed by atoms with E-state index in [9.17, 15) is 0 Å². The second-order valence-corrected chi connectivity index (χ2v) is 5.53. The normalized spacial score (nSPS) is 11.8. The van der Waals surface area contributed by atoms with Crippen LogP contribution < -0.4 is 9.13 Å². The van der Waals surface area contributed by atoms with E-state index in [0.29, 0.717) is 0 Å². The number of hydrogen-bond acceptors (Lipinski definition) is 5. The molecule has 0 aromatic carbocycles. The maximum atomic E-state index is 8.50. The maximum absolute atomic E-state index is 8.50. The van der Waals surface area contributed by atoms with Crippen LogP contribution >= 0.6 is 0 Å². The first-order valence-corrected chi connectivity index (χ1v) is 7.73. The predicted molar refractivity (Wildman–Crippen MR) is 89.5 cm³/mol. The molecule has 0 fully saturated rings. The molecule has 0 spiro atoms. The van der Waals surface area contributed by atoms with Crippen LogP contribution in [0, 0.1) is 0 Å². The molecule has 2 aromatic rings. The Hall–Kier alpha value is -2.80. The van der Waals surface area contributed by atoms with Crippen molar-refractivity contribution in [2.45, 2.75) is 13.1 Å². The molecule has 7 heteroatoms. The van der Waals surface area contributed by atoms with Crippen LogP contribution in [-0.2, 0) is 13.1 Å². The Morgan fingerprint density at radius 3 is 1.54 bits per heavy atom. The topological polar surface area (TPSA) is 76.2 Å². The lowest BCUT2D eigenvalue weighted by molar-refractivity contribution is -0.701. The highest BCUT2D eigenvalue weighted by Gasteiger charge is 2.07. The van der Waals surface area contributed by atoms with E-state index in [2.05, 4.69) is 31.4 Å². The summed E-state index contributed by atoms with van der Waals surface area (Å²) in [6, 6.07) is 7.64. The van der Waals surface area contributed by atoms with Crippen LogP contribution in [-0.4, -0.2) is 47.9 Å². The van der Waals surface area contributed by atoms with Gasteiger partial charge in [-0.15, -0.1) is 0 Å². The van der Waals surface area contributed by atoms with Gasteiger partial charge in [0.2, 0.25) is 0 Å². The molecule has 24 heavy (non-hydrogen) atoms. The lowest BCUT2D eigenvalue weighted by Gasteiger charge is -2.12. The van der Waals surface area contributed by atoms with Gasteiger partial charge in [-0.1, -0.05) is 10.3 Å². The molecule has 0 atom stereocenters. The molecule has 0 aliphatic carbocycles. The van der Waals surface area contributed by atoms with E-state index in [1.807, 2.05) is 49.1 Å². The largest absolute Gasteiger partial charge is 0.411 e. The van der Waals surface area contributed by atoms with Crippen LogP contribution in [0.1, 0.15) is 11.1 Å². The molecule has 0 saturated heterocycles. The third-order valence-electron chi connectivity index (χ3n) is 3.73. The molecule has 2 N–H and O–H groups in total. The zero-order chi connectivity index (χ0) is 17.2. The maximum Gasteiger partial charge on any atom is 0.169 e. The Morgan fingerprint density at radius 2 is 1.21 bits per heavy atom. The Balaban J connectivity index is 1.75. The fraction of sp³-hybridized carbons (Fsp3) is 0.294. The molecule has 0 aliphatic rings. The molecule has 0 radical (unpaired) electrons. The van der Waals surface area contributed by atoms with Gasteiger partial charge in [0.1, 0.15) is 0 Å². The molecule has 2 rings (SSSR count). The summed E-state index contributed by atoms with van der Waals surface area (Å²) in [5, 5.41) is 23.0. The first-order valence-electron chi connectivity index (χ1n) is 7.73. The fourth-order valence-electron chi connectivity index (χ4n) is 2.23. The van der Waals surface area contributed by atoms with Gasteiger partial charge in [-0.2, -0.15) is 0 Å². The van der Waals surface area contributed by atoms with E-state index in [-0.39, 0.29) is 0 Å². The number of pyridine rings is 2. The number of aromatic nitrogens is 2. The first-order chi connectivity index (χ1) is 11.7. The lowest BCUT2D eigenvalue weighted by atomic mass is 10.3. The average molecular weight is 329 g/mol. The molecule has 0 unspecified atom stereocenters. The van der Waals surface area contributed by atoms with Gasteiger partial charge < -0.3 is 10.4 Å². The third kappa shape index (κ3) is 5.77. The van der Waals surface area contributed by atoms with E-state index >= 15 is 0 Å². The van der Waals surface area contributed by atoms with Crippen LogP contribution in [0.25, 0.3) is 0 Å². The highest BCUT2D eigenvalue weighted by Crippen LogP contribution is 1.92. The van der Waals surface area contributed by atoms with E-state index in [0.717, 1.165) is 37.3 Å². The van der Waals surface area contributed by atoms with Gasteiger partial charge in [0.25, 0.3) is 0 Å². The van der Waals surface area contributed by atoms with Gasteiger partial charge in [0.15, 0.2) is 37.9 Å². The van der Waals surface area contributed by atoms with E-state index in [1.165, 1.54) is 12.4 Å². The minimum atomic E-state index is 0.869. The van der Waals surface area contributed by atoms with Crippen LogP contribution in [0.3, 0.4) is 0 Å². The van der Waals surface area contributed by atoms with E-state index in [4.69, 9.17) is 10.4 Å². The van der Waals surface area contributed by atoms with Crippen molar-refractivity contribution in [2.24, 2.45) is 10.3 Å². The molecule has 0 amide bonds. The Kier molecular flexibility index (Phi) is 6.85. The third-order valence-corrected chi connectivity index (χ3v) is 3.73. The molecule has 7 nitrogen and oxygen atoms in total. The second-order valence-electron chi connectivity index (χ2n) is 5.53. The highest BCUT2D eigenvalue weighted by atomic mass is 16.4. The Morgan fingerprint density at radius 1 is 0.833 bits per heavy atom. The summed E-state index contributed by atoms with van der Waals surface area (Å²) in [5.41, 5.74) is 1.74. The zero-order valence-corrected chi connectivity index (χ0v) is 13.7. The van der Waals surface area contributed by atoms with Crippen molar-refractivity contribution in [3.63, 3.8) is 0 Å². The van der Waals surface area contributed by atoms with Crippen LogP contribution in [0.2, 0.25) is 0 Å². The lowest BCUT2D eigenvalue weighted by Crippen LogP contribution is -2.43. The van der Waals surface area contributed by atoms with Crippen molar-refractivity contribution in [1.29, 1.82) is 0 Å². The van der Waals surface area contributed by atoms with Crippen molar-refractivity contribution in [3.05, 3.63) is 60.2 Å². The summed E-state index contributed by atoms with van der Waals surface area (Å²) < 4.78 is 4.20. The van der Waals surface area contributed by atoms with Crippen molar-refractivity contribution >= 4 is 12.4 Å². The van der Waals surface area contributed by atoms with Gasteiger partial charge in [-0.3, -0.25) is 4.90 Å². The number of nitrogens with zero attached hydrogens (tertiary/aromatic N) is 5. The molecule has 2 aromatic heterocycles. The molecular formula is C17H23N5O2+2. The van der Waals surface area contributed by atoms with Crippen LogP contribution in [0.15, 0.2) is 59.4 Å². The second kappa shape index (κ2) is 9.36. The Labute approximate surface area is 141 Å². The van der Waals surface area contributed by atoms with Crippen LogP contribution in [0.5, 0.6) is 0 Å². The number of hydrogen-bond donors (Lipinski definition) is 2. The van der Waals surface area contributed by atoms with Crippen LogP contribution in [0.4, 0.5) is 0 Å². The van der Waals surface area contributed by atoms with Gasteiger partial charge in [0, 0.05) is 35.4 Å². The fourth-order valence-corrected chi connectivity index (χ4v) is 2.23. The quantitative estimate of drug-likeness (QED) is 0.321. The van der Waals surface area contributed by atoms with Crippen molar-refractivity contribution < 1.29 is 19.5 Å². The number of likely N-dealkylation sites (N-methyl/N-ethyl adjacent to an activating group) is 1. The van der Waals surface area contributed by atoms with Gasteiger partial charge >= 0.3 is 0 Å². The molecule has 0 saturated carbocycles. The van der Waals surface area contributed by atoms with Crippen molar-refractivity contribution in [2.75, 3.05) is 20.1 Å². The molecule has 0 bridgehead atoms. The van der Waals surface area contributed by atoms with E-state index < -0.39 is 0 Å². The monoisotopic (exact) mass is 329 g/mol. The highest BCUT2D eigenvalue weighted by molar-refractivity contribution is 5.78. The summed E-state index contributed by atoms with van der Waals surface area (Å²) >= 11 is 0. The standard InChI is InChI=1S/C17H21N5O2/c1-20(10-12-21-6-2-16(3-7-21)14-18-23)11-13-22-8-4-17(5-9-22)15-19-24/h2-9,14-15H,10-13H2,1H3/p+2. The number of oxime groups is 2. The summed E-state index contributed by atoms with van der Waals surface area (Å²) in [6.07, 6.45) is 10.7. The summed E-state index contributed by atoms with van der Waals surface area (Å²) in [5.74, 6) is 0. The minimum Gasteiger partial charge on any atom is -0.411 e. The molecular weight excluding hydrogens is 306 g/mol. The molecule has 0 aliphatic heterocycles. The van der Waals surface area contributed by atoms with Crippen molar-refractivity contribution in [3.8, 4) is 0 Å². The minimum absolute atomic E-state index is 0.869. The van der Waals surface area contributed by atoms with Crippen molar-refractivity contribution in [1.82, 2.24) is 4.90 Å². The smallest absolute Gasteiger partial charge is 0.169 e. The van der Waals surface area contributed by atoms with Gasteiger partial charge in [0.05, 0.1) is 25.5 Å². The van der Waals surface area contributed by atoms with E-state index in [1.54, 1.807) is 0 Å². The zero-order valence-electron chi connectivity index (χ0n) is 13.7. The van der Waals surface area contributed by atoms with Gasteiger partial charge in [-0.25, -0.2) is 9.13 Å². The molecule has 2 heterocycles. The first kappa shape index (κ1) is 17.6. The summed E-state index contributed by atoms with van der Waals surface area (Å²) in [7, 11) is 2.10. The predicted octanol–water partition coefficient (Wildman–Crippen LogP) is 0.510. The SMILES string of the molecule is CN(CC[n+]1ccc(/C=N\O)cc1)CC[n+]1ccc(/C=N\O)cc1. The summed E-state index contributed by atoms with van der Waals surface area (Å²) in [4.78, 5) is 2.27. The summed E-state index contributed by atoms with van der Waals surface area (Å²) in [6.45, 7) is 3.66. The number of rotatable bonds is 8.